The van der Waals surface area contributed by atoms with E-state index in [4.69, 9.17) is 16.3 Å². The van der Waals surface area contributed by atoms with Crippen molar-refractivity contribution in [3.05, 3.63) is 52.9 Å². The summed E-state index contributed by atoms with van der Waals surface area (Å²) in [6, 6.07) is 8.92. The van der Waals surface area contributed by atoms with E-state index >= 15 is 0 Å². The number of nitrogens with zero attached hydrogens (tertiary/aromatic N) is 4. The first-order valence-corrected chi connectivity index (χ1v) is 8.08. The second-order valence-corrected chi connectivity index (χ2v) is 5.81. The lowest BCUT2D eigenvalue weighted by Crippen LogP contribution is -2.25. The number of benzene rings is 1. The van der Waals surface area contributed by atoms with Crippen molar-refractivity contribution in [2.45, 2.75) is 6.54 Å². The Labute approximate surface area is 148 Å². The molecule has 0 bridgehead atoms. The molecule has 0 saturated heterocycles. The molecule has 3 heterocycles. The second-order valence-electron chi connectivity index (χ2n) is 5.45. The van der Waals surface area contributed by atoms with Gasteiger partial charge in [-0.05, 0) is 24.3 Å². The summed E-state index contributed by atoms with van der Waals surface area (Å²) in [6.45, 7) is 1.41. The van der Waals surface area contributed by atoms with Gasteiger partial charge in [-0.1, -0.05) is 17.7 Å². The van der Waals surface area contributed by atoms with Crippen LogP contribution in [0, 0.1) is 0 Å². The summed E-state index contributed by atoms with van der Waals surface area (Å²) in [4.78, 5) is 25.2. The third-order valence-electron chi connectivity index (χ3n) is 4.02. The minimum Gasteiger partial charge on any atom is -0.494 e. The number of carbonyl (C=O) groups is 1. The largest absolute Gasteiger partial charge is 0.494 e. The van der Waals surface area contributed by atoms with Gasteiger partial charge in [0.2, 0.25) is 5.62 Å². The van der Waals surface area contributed by atoms with Crippen LogP contribution >= 0.6 is 11.6 Å². The topological polar surface area (TPSA) is 81.4 Å². The van der Waals surface area contributed by atoms with Crippen LogP contribution in [0.4, 0.5) is 5.82 Å². The van der Waals surface area contributed by atoms with Crippen molar-refractivity contribution in [2.24, 2.45) is 4.99 Å². The fraction of sp³-hybridized carbons (Fsp3) is 0.176. The predicted octanol–water partition coefficient (Wildman–Crippen LogP) is 2.26. The van der Waals surface area contributed by atoms with Crippen molar-refractivity contribution < 1.29 is 9.53 Å². The average molecular weight is 356 g/mol. The molecule has 8 heteroatoms. The average Bonchev–Trinajstić information content (AvgIpc) is 3.12. The van der Waals surface area contributed by atoms with Crippen molar-refractivity contribution in [3.63, 3.8) is 0 Å². The molecule has 0 fully saturated rings. The molecule has 4 rings (SSSR count). The smallest absolute Gasteiger partial charge is 0.283 e. The predicted molar refractivity (Wildman–Crippen MR) is 93.9 cm³/mol. The number of aromatic nitrogens is 3. The maximum atomic E-state index is 12.5. The number of carbonyl (C=O) groups excluding carboxylic acids is 1. The minimum atomic E-state index is -0.485. The molecule has 2 aromatic heterocycles. The Morgan fingerprint density at radius 2 is 2.24 bits per heavy atom. The Kier molecular flexibility index (Phi) is 3.85. The van der Waals surface area contributed by atoms with E-state index in [0.717, 1.165) is 17.7 Å². The summed E-state index contributed by atoms with van der Waals surface area (Å²) in [7, 11) is 1.58. The number of para-hydroxylation sites is 1. The van der Waals surface area contributed by atoms with Gasteiger partial charge in [-0.2, -0.15) is 4.99 Å². The molecule has 1 amide bonds. The summed E-state index contributed by atoms with van der Waals surface area (Å²) in [5.41, 5.74) is 1.20. The number of amides is 1. The quantitative estimate of drug-likeness (QED) is 0.713. The number of hydrogen-bond acceptors (Lipinski definition) is 5. The lowest BCUT2D eigenvalue weighted by Gasteiger charge is -2.10. The second kappa shape index (κ2) is 6.18. The van der Waals surface area contributed by atoms with E-state index in [1.807, 2.05) is 22.8 Å². The van der Waals surface area contributed by atoms with E-state index in [1.54, 1.807) is 19.2 Å². The van der Waals surface area contributed by atoms with Crippen molar-refractivity contribution >= 4 is 34.2 Å². The molecule has 7 nitrogen and oxygen atoms in total. The first-order valence-electron chi connectivity index (χ1n) is 7.70. The zero-order valence-electron chi connectivity index (χ0n) is 13.4. The van der Waals surface area contributed by atoms with Crippen molar-refractivity contribution in [1.29, 1.82) is 0 Å². The molecule has 0 atom stereocenters. The highest BCUT2D eigenvalue weighted by Gasteiger charge is 2.18. The van der Waals surface area contributed by atoms with E-state index in [0.29, 0.717) is 23.4 Å². The number of halogens is 1. The Morgan fingerprint density at radius 3 is 3.04 bits per heavy atom. The van der Waals surface area contributed by atoms with E-state index in [2.05, 4.69) is 20.3 Å². The lowest BCUT2D eigenvalue weighted by atomic mass is 10.2. The van der Waals surface area contributed by atoms with Crippen LogP contribution in [-0.2, 0) is 6.54 Å². The van der Waals surface area contributed by atoms with E-state index < -0.39 is 5.91 Å². The van der Waals surface area contributed by atoms with E-state index in [1.165, 1.54) is 6.20 Å². The van der Waals surface area contributed by atoms with Crippen molar-refractivity contribution in [2.75, 3.05) is 19.0 Å². The number of hydrogen-bond donors (Lipinski definition) is 1. The highest BCUT2D eigenvalue weighted by Crippen LogP contribution is 2.29. The van der Waals surface area contributed by atoms with Gasteiger partial charge in [-0.3, -0.25) is 9.36 Å². The lowest BCUT2D eigenvalue weighted by molar-refractivity contribution is 0.0996. The van der Waals surface area contributed by atoms with Crippen LogP contribution in [0.3, 0.4) is 0 Å². The van der Waals surface area contributed by atoms with Crippen LogP contribution in [0.15, 0.2) is 41.5 Å². The molecule has 1 aromatic carbocycles. The van der Waals surface area contributed by atoms with Gasteiger partial charge in [0.25, 0.3) is 5.91 Å². The molecule has 0 radical (unpaired) electrons. The Bertz CT molecular complexity index is 1060. The number of fused-ring (bicyclic) bond motifs is 3. The maximum Gasteiger partial charge on any atom is 0.283 e. The number of ether oxygens (including phenoxy) is 1. The van der Waals surface area contributed by atoms with Gasteiger partial charge in [0.15, 0.2) is 0 Å². The van der Waals surface area contributed by atoms with Crippen molar-refractivity contribution in [3.8, 4) is 5.75 Å². The zero-order valence-corrected chi connectivity index (χ0v) is 14.1. The molecule has 0 aliphatic carbocycles. The van der Waals surface area contributed by atoms with E-state index in [9.17, 15) is 4.79 Å². The molecule has 1 aliphatic heterocycles. The molecule has 1 aliphatic rings. The van der Waals surface area contributed by atoms with Gasteiger partial charge >= 0.3 is 0 Å². The molecule has 126 valence electrons. The van der Waals surface area contributed by atoms with Crippen LogP contribution < -0.4 is 15.7 Å². The molecule has 25 heavy (non-hydrogen) atoms. The van der Waals surface area contributed by atoms with Gasteiger partial charge in [0, 0.05) is 24.7 Å². The standard InChI is InChI=1S/C17H14ClN5O2/c1-25-12-6-2-4-10-13(12)21-17(23-9-8-20-15(10)23)22-16(24)11-5-3-7-19-14(11)18/h2-7,20H,8-9H2,1H3. The summed E-state index contributed by atoms with van der Waals surface area (Å²) in [5.74, 6) is 1.01. The van der Waals surface area contributed by atoms with Gasteiger partial charge in [-0.15, -0.1) is 0 Å². The number of pyridine rings is 1. The van der Waals surface area contributed by atoms with Crippen LogP contribution in [-0.4, -0.2) is 34.1 Å². The maximum absolute atomic E-state index is 12.5. The van der Waals surface area contributed by atoms with Gasteiger partial charge < -0.3 is 10.1 Å². The van der Waals surface area contributed by atoms with Crippen LogP contribution in [0.2, 0.25) is 5.15 Å². The van der Waals surface area contributed by atoms with Crippen LogP contribution in [0.5, 0.6) is 5.75 Å². The van der Waals surface area contributed by atoms with Crippen molar-refractivity contribution in [1.82, 2.24) is 14.5 Å². The summed E-state index contributed by atoms with van der Waals surface area (Å²) < 4.78 is 7.27. The monoisotopic (exact) mass is 355 g/mol. The third-order valence-corrected chi connectivity index (χ3v) is 4.32. The Hall–Kier alpha value is -2.93. The molecule has 0 saturated carbocycles. The first kappa shape index (κ1) is 15.6. The Balaban J connectivity index is 1.96. The molecule has 0 unspecified atom stereocenters. The Morgan fingerprint density at radius 1 is 1.36 bits per heavy atom. The molecular weight excluding hydrogens is 342 g/mol. The summed E-state index contributed by atoms with van der Waals surface area (Å²) >= 11 is 5.99. The molecule has 3 aromatic rings. The fourth-order valence-electron chi connectivity index (χ4n) is 2.87. The molecule has 0 spiro atoms. The zero-order chi connectivity index (χ0) is 17.4. The van der Waals surface area contributed by atoms with Gasteiger partial charge in [0.05, 0.1) is 12.7 Å². The highest BCUT2D eigenvalue weighted by molar-refractivity contribution is 6.32. The van der Waals surface area contributed by atoms with Crippen LogP contribution in [0.1, 0.15) is 10.4 Å². The molecule has 1 N–H and O–H groups in total. The number of anilines is 1. The number of methoxy groups -OCH3 is 1. The fourth-order valence-corrected chi connectivity index (χ4v) is 3.07. The SMILES string of the molecule is COc1cccc2c3n(c(=NC(=O)c4cccnc4Cl)nc12)CCN3. The van der Waals surface area contributed by atoms with E-state index in [-0.39, 0.29) is 10.7 Å². The highest BCUT2D eigenvalue weighted by atomic mass is 35.5. The van der Waals surface area contributed by atoms with Gasteiger partial charge in [0.1, 0.15) is 22.2 Å². The molecular formula is C17H14ClN5O2. The number of rotatable bonds is 2. The number of nitrogens with one attached hydrogen (secondary N) is 1. The third kappa shape index (κ3) is 2.62. The normalized spacial score (nSPS) is 13.6. The summed E-state index contributed by atoms with van der Waals surface area (Å²) in [5, 5.41) is 4.36. The van der Waals surface area contributed by atoms with Crippen LogP contribution in [0.25, 0.3) is 10.9 Å². The minimum absolute atomic E-state index is 0.120. The summed E-state index contributed by atoms with van der Waals surface area (Å²) in [6.07, 6.45) is 1.52. The first-order chi connectivity index (χ1) is 12.2. The van der Waals surface area contributed by atoms with Gasteiger partial charge in [-0.25, -0.2) is 9.97 Å².